The lowest BCUT2D eigenvalue weighted by Crippen LogP contribution is -2.40. The largest absolute Gasteiger partial charge is 0.381 e. The summed E-state index contributed by atoms with van der Waals surface area (Å²) >= 11 is 1.86. The number of ether oxygens (including phenoxy) is 2. The molecule has 6 nitrogen and oxygen atoms in total. The van der Waals surface area contributed by atoms with Crippen LogP contribution in [0.25, 0.3) is 0 Å². The van der Waals surface area contributed by atoms with Gasteiger partial charge < -0.3 is 20.1 Å². The van der Waals surface area contributed by atoms with Crippen LogP contribution in [0.2, 0.25) is 0 Å². The van der Waals surface area contributed by atoms with Gasteiger partial charge in [-0.25, -0.2) is 0 Å². The van der Waals surface area contributed by atoms with Gasteiger partial charge in [-0.15, -0.1) is 11.3 Å². The Hall–Kier alpha value is -1.15. The van der Waals surface area contributed by atoms with Gasteiger partial charge in [0.2, 0.25) is 0 Å². The van der Waals surface area contributed by atoms with Gasteiger partial charge in [-0.1, -0.05) is 6.07 Å². The van der Waals surface area contributed by atoms with Gasteiger partial charge in [0.1, 0.15) is 0 Å². The van der Waals surface area contributed by atoms with Crippen LogP contribution in [0.15, 0.2) is 22.5 Å². The van der Waals surface area contributed by atoms with E-state index in [1.165, 1.54) is 24.3 Å². The van der Waals surface area contributed by atoms with E-state index in [2.05, 4.69) is 40.0 Å². The minimum atomic E-state index is 0.650. The van der Waals surface area contributed by atoms with Gasteiger partial charge in [0.05, 0.1) is 0 Å². The number of hydrogen-bond acceptors (Lipinski definition) is 5. The minimum Gasteiger partial charge on any atom is -0.381 e. The second-order valence-electron chi connectivity index (χ2n) is 8.45. The quantitative estimate of drug-likeness (QED) is 0.317. The van der Waals surface area contributed by atoms with Crippen molar-refractivity contribution in [1.29, 1.82) is 0 Å². The molecule has 3 heterocycles. The number of guanidine groups is 1. The van der Waals surface area contributed by atoms with E-state index in [1.54, 1.807) is 0 Å². The summed E-state index contributed by atoms with van der Waals surface area (Å²) in [6, 6.07) is 4.39. The highest BCUT2D eigenvalue weighted by atomic mass is 32.1. The average molecular weight is 437 g/mol. The van der Waals surface area contributed by atoms with E-state index < -0.39 is 0 Å². The summed E-state index contributed by atoms with van der Waals surface area (Å²) in [5.74, 6) is 2.27. The smallest absolute Gasteiger partial charge is 0.191 e. The highest BCUT2D eigenvalue weighted by Gasteiger charge is 2.20. The maximum Gasteiger partial charge on any atom is 0.191 e. The Labute approximate surface area is 186 Å². The molecule has 1 aromatic rings. The van der Waals surface area contributed by atoms with Crippen molar-refractivity contribution in [3.05, 3.63) is 22.4 Å². The molecular formula is C23H40N4O2S. The van der Waals surface area contributed by atoms with Crippen LogP contribution in [-0.2, 0) is 16.0 Å². The number of likely N-dealkylation sites (tertiary alicyclic amines) is 1. The molecule has 1 unspecified atom stereocenters. The third-order valence-electron chi connectivity index (χ3n) is 5.87. The van der Waals surface area contributed by atoms with Gasteiger partial charge in [0.15, 0.2) is 5.96 Å². The molecule has 0 amide bonds. The zero-order chi connectivity index (χ0) is 20.9. The number of aliphatic imine (C=N–C) groups is 1. The van der Waals surface area contributed by atoms with Crippen LogP contribution in [0.3, 0.4) is 0 Å². The Balaban J connectivity index is 1.31. The fourth-order valence-corrected chi connectivity index (χ4v) is 4.92. The second kappa shape index (κ2) is 14.0. The molecule has 2 saturated heterocycles. The lowest BCUT2D eigenvalue weighted by Gasteiger charge is -2.31. The fraction of sp³-hybridized carbons (Fsp3) is 0.783. The molecule has 7 heteroatoms. The molecule has 3 rings (SSSR count). The Morgan fingerprint density at radius 2 is 2.17 bits per heavy atom. The van der Waals surface area contributed by atoms with Crippen LogP contribution in [0.5, 0.6) is 0 Å². The molecule has 0 saturated carbocycles. The van der Waals surface area contributed by atoms with Gasteiger partial charge in [0.25, 0.3) is 0 Å². The summed E-state index contributed by atoms with van der Waals surface area (Å²) in [4.78, 5) is 8.93. The van der Waals surface area contributed by atoms with E-state index in [1.807, 2.05) is 11.3 Å². The van der Waals surface area contributed by atoms with Gasteiger partial charge in [-0.2, -0.15) is 0 Å². The lowest BCUT2D eigenvalue weighted by atomic mass is 9.98. The Bertz CT molecular complexity index is 590. The maximum atomic E-state index is 5.86. The molecule has 30 heavy (non-hydrogen) atoms. The van der Waals surface area contributed by atoms with E-state index in [9.17, 15) is 0 Å². The van der Waals surface area contributed by atoms with Gasteiger partial charge in [-0.05, 0) is 68.9 Å². The fourth-order valence-electron chi connectivity index (χ4n) is 4.17. The van der Waals surface area contributed by atoms with Crippen LogP contribution in [0, 0.1) is 11.8 Å². The Morgan fingerprint density at radius 1 is 1.27 bits per heavy atom. The summed E-state index contributed by atoms with van der Waals surface area (Å²) in [7, 11) is 0. The molecule has 0 aliphatic carbocycles. The van der Waals surface area contributed by atoms with Crippen molar-refractivity contribution in [3.8, 4) is 0 Å². The summed E-state index contributed by atoms with van der Waals surface area (Å²) < 4.78 is 11.3. The summed E-state index contributed by atoms with van der Waals surface area (Å²) in [5.41, 5.74) is 0. The number of piperidine rings is 1. The van der Waals surface area contributed by atoms with E-state index >= 15 is 0 Å². The third-order valence-corrected chi connectivity index (χ3v) is 6.73. The molecule has 0 bridgehead atoms. The standard InChI is InChI=1S/C23H40N4O2S/c1-2-24-23(25-10-5-12-29-19-20-8-13-28-14-9-20)26-16-21-6-3-11-27(17-21)18-22-7-4-15-30-22/h4,7,15,20-21H,2-3,5-6,8-14,16-19H2,1H3,(H2,24,25,26). The topological polar surface area (TPSA) is 58.1 Å². The first-order valence-corrected chi connectivity index (χ1v) is 12.6. The SMILES string of the molecule is CCNC(=NCC1CCCN(Cc2cccs2)C1)NCCCOCC1CCOCC1. The molecular weight excluding hydrogens is 396 g/mol. The van der Waals surface area contributed by atoms with Crippen molar-refractivity contribution >= 4 is 17.3 Å². The molecule has 1 atom stereocenters. The predicted octanol–water partition coefficient (Wildman–Crippen LogP) is 3.35. The van der Waals surface area contributed by atoms with Crippen molar-refractivity contribution in [1.82, 2.24) is 15.5 Å². The number of rotatable bonds is 11. The second-order valence-corrected chi connectivity index (χ2v) is 9.49. The maximum absolute atomic E-state index is 5.86. The highest BCUT2D eigenvalue weighted by Crippen LogP contribution is 2.20. The van der Waals surface area contributed by atoms with E-state index in [0.29, 0.717) is 11.8 Å². The molecule has 1 aromatic heterocycles. The van der Waals surface area contributed by atoms with Crippen LogP contribution in [0.1, 0.15) is 43.9 Å². The minimum absolute atomic E-state index is 0.650. The lowest BCUT2D eigenvalue weighted by molar-refractivity contribution is 0.0203. The Kier molecular flexibility index (Phi) is 11.0. The predicted molar refractivity (Wildman–Crippen MR) is 125 cm³/mol. The van der Waals surface area contributed by atoms with Crippen molar-refractivity contribution in [2.75, 3.05) is 59.2 Å². The molecule has 0 aromatic carbocycles. The number of thiophene rings is 1. The molecule has 2 aliphatic rings. The number of nitrogens with one attached hydrogen (secondary N) is 2. The average Bonchev–Trinajstić information content (AvgIpc) is 3.28. The first kappa shape index (κ1) is 23.5. The van der Waals surface area contributed by atoms with Crippen LogP contribution in [-0.4, -0.2) is 70.0 Å². The van der Waals surface area contributed by atoms with Gasteiger partial charge >= 0.3 is 0 Å². The van der Waals surface area contributed by atoms with Crippen molar-refractivity contribution in [3.63, 3.8) is 0 Å². The number of nitrogens with zero attached hydrogens (tertiary/aromatic N) is 2. The Morgan fingerprint density at radius 3 is 2.97 bits per heavy atom. The first-order valence-electron chi connectivity index (χ1n) is 11.8. The number of hydrogen-bond donors (Lipinski definition) is 2. The normalized spacial score (nSPS) is 21.6. The van der Waals surface area contributed by atoms with Crippen LogP contribution < -0.4 is 10.6 Å². The first-order chi connectivity index (χ1) is 14.8. The monoisotopic (exact) mass is 436 g/mol. The van der Waals surface area contributed by atoms with Crippen LogP contribution >= 0.6 is 11.3 Å². The van der Waals surface area contributed by atoms with Gasteiger partial charge in [-0.3, -0.25) is 9.89 Å². The highest BCUT2D eigenvalue weighted by molar-refractivity contribution is 7.09. The zero-order valence-corrected chi connectivity index (χ0v) is 19.4. The third kappa shape index (κ3) is 8.92. The van der Waals surface area contributed by atoms with Crippen molar-refractivity contribution in [2.45, 2.75) is 45.6 Å². The van der Waals surface area contributed by atoms with E-state index in [-0.39, 0.29) is 0 Å². The zero-order valence-electron chi connectivity index (χ0n) is 18.6. The summed E-state index contributed by atoms with van der Waals surface area (Å²) in [5, 5.41) is 9.03. The van der Waals surface area contributed by atoms with Crippen LogP contribution in [0.4, 0.5) is 0 Å². The van der Waals surface area contributed by atoms with Crippen molar-refractivity contribution < 1.29 is 9.47 Å². The molecule has 0 spiro atoms. The summed E-state index contributed by atoms with van der Waals surface area (Å²) in [6.07, 6.45) is 5.85. The van der Waals surface area contributed by atoms with E-state index in [4.69, 9.17) is 14.5 Å². The summed E-state index contributed by atoms with van der Waals surface area (Å²) in [6.45, 7) is 11.7. The molecule has 2 N–H and O–H groups in total. The molecule has 2 fully saturated rings. The van der Waals surface area contributed by atoms with E-state index in [0.717, 1.165) is 84.4 Å². The van der Waals surface area contributed by atoms with Crippen molar-refractivity contribution in [2.24, 2.45) is 16.8 Å². The molecule has 0 radical (unpaired) electrons. The molecule has 2 aliphatic heterocycles. The van der Waals surface area contributed by atoms with Gasteiger partial charge in [0, 0.05) is 64.0 Å². The molecule has 170 valence electrons.